The van der Waals surface area contributed by atoms with E-state index in [1.165, 1.54) is 0 Å². The Kier molecular flexibility index (Phi) is 4.14. The molecule has 1 rings (SSSR count). The number of halogens is 1. The molecule has 0 saturated heterocycles. The van der Waals surface area contributed by atoms with Crippen LogP contribution < -0.4 is 4.90 Å². The standard InChI is InChI=1S/C10H16ClN3/c1-4-6-14(5-2)10-7-9(11)12-8(3)13-10/h7H,4-6H2,1-3H3. The Morgan fingerprint density at radius 2 is 2.07 bits per heavy atom. The van der Waals surface area contributed by atoms with Crippen molar-refractivity contribution in [3.8, 4) is 0 Å². The van der Waals surface area contributed by atoms with Crippen LogP contribution in [0, 0.1) is 6.92 Å². The monoisotopic (exact) mass is 213 g/mol. The molecule has 1 aromatic rings. The highest BCUT2D eigenvalue weighted by Crippen LogP contribution is 2.15. The number of nitrogens with zero attached hydrogens (tertiary/aromatic N) is 3. The van der Waals surface area contributed by atoms with Gasteiger partial charge in [0.15, 0.2) is 0 Å². The van der Waals surface area contributed by atoms with Gasteiger partial charge in [0, 0.05) is 19.2 Å². The van der Waals surface area contributed by atoms with Gasteiger partial charge in [-0.25, -0.2) is 9.97 Å². The van der Waals surface area contributed by atoms with Gasteiger partial charge < -0.3 is 4.90 Å². The zero-order chi connectivity index (χ0) is 10.6. The van der Waals surface area contributed by atoms with E-state index in [0.717, 1.165) is 31.2 Å². The molecular weight excluding hydrogens is 198 g/mol. The molecule has 0 radical (unpaired) electrons. The summed E-state index contributed by atoms with van der Waals surface area (Å²) in [6.07, 6.45) is 1.11. The number of hydrogen-bond donors (Lipinski definition) is 0. The van der Waals surface area contributed by atoms with Crippen molar-refractivity contribution < 1.29 is 0 Å². The van der Waals surface area contributed by atoms with E-state index in [1.807, 2.05) is 13.0 Å². The van der Waals surface area contributed by atoms with E-state index in [1.54, 1.807) is 0 Å². The van der Waals surface area contributed by atoms with Crippen LogP contribution in [0.15, 0.2) is 6.07 Å². The van der Waals surface area contributed by atoms with Crippen LogP contribution in [0.25, 0.3) is 0 Å². The molecule has 0 N–H and O–H groups in total. The number of hydrogen-bond acceptors (Lipinski definition) is 3. The van der Waals surface area contributed by atoms with Gasteiger partial charge in [-0.3, -0.25) is 0 Å². The topological polar surface area (TPSA) is 29.0 Å². The van der Waals surface area contributed by atoms with Gasteiger partial charge in [-0.15, -0.1) is 0 Å². The second-order valence-electron chi connectivity index (χ2n) is 3.18. The van der Waals surface area contributed by atoms with Gasteiger partial charge >= 0.3 is 0 Å². The van der Waals surface area contributed by atoms with Crippen molar-refractivity contribution in [1.29, 1.82) is 0 Å². The number of anilines is 1. The van der Waals surface area contributed by atoms with Crippen molar-refractivity contribution >= 4 is 17.4 Å². The van der Waals surface area contributed by atoms with E-state index in [2.05, 4.69) is 28.7 Å². The first-order valence-corrected chi connectivity index (χ1v) is 5.31. The molecule has 4 heteroatoms. The molecule has 14 heavy (non-hydrogen) atoms. The molecule has 0 bridgehead atoms. The fourth-order valence-corrected chi connectivity index (χ4v) is 1.60. The highest BCUT2D eigenvalue weighted by Gasteiger charge is 2.06. The molecule has 0 unspecified atom stereocenters. The molecule has 0 fully saturated rings. The van der Waals surface area contributed by atoms with Crippen molar-refractivity contribution in [1.82, 2.24) is 9.97 Å². The van der Waals surface area contributed by atoms with Gasteiger partial charge in [0.1, 0.15) is 16.8 Å². The van der Waals surface area contributed by atoms with Gasteiger partial charge in [-0.1, -0.05) is 18.5 Å². The van der Waals surface area contributed by atoms with Crippen LogP contribution in [0.2, 0.25) is 5.15 Å². The van der Waals surface area contributed by atoms with Crippen molar-refractivity contribution in [3.63, 3.8) is 0 Å². The van der Waals surface area contributed by atoms with Crippen LogP contribution in [0.5, 0.6) is 0 Å². The van der Waals surface area contributed by atoms with Gasteiger partial charge in [-0.2, -0.15) is 0 Å². The Hall–Kier alpha value is -0.830. The highest BCUT2D eigenvalue weighted by atomic mass is 35.5. The summed E-state index contributed by atoms with van der Waals surface area (Å²) < 4.78 is 0. The lowest BCUT2D eigenvalue weighted by atomic mass is 10.4. The van der Waals surface area contributed by atoms with E-state index in [0.29, 0.717) is 5.15 Å². The Balaban J connectivity index is 2.91. The Morgan fingerprint density at radius 1 is 1.36 bits per heavy atom. The quantitative estimate of drug-likeness (QED) is 0.721. The number of rotatable bonds is 4. The first-order valence-electron chi connectivity index (χ1n) is 4.93. The van der Waals surface area contributed by atoms with Crippen LogP contribution in [0.3, 0.4) is 0 Å². The second kappa shape index (κ2) is 5.15. The number of aromatic nitrogens is 2. The zero-order valence-electron chi connectivity index (χ0n) is 8.92. The highest BCUT2D eigenvalue weighted by molar-refractivity contribution is 6.29. The van der Waals surface area contributed by atoms with Crippen molar-refractivity contribution in [2.24, 2.45) is 0 Å². The maximum Gasteiger partial charge on any atom is 0.134 e. The lowest BCUT2D eigenvalue weighted by molar-refractivity contribution is 0.772. The lowest BCUT2D eigenvalue weighted by Gasteiger charge is -2.21. The average Bonchev–Trinajstić information content (AvgIpc) is 2.12. The predicted octanol–water partition coefficient (Wildman–Crippen LogP) is 2.67. The summed E-state index contributed by atoms with van der Waals surface area (Å²) in [4.78, 5) is 10.6. The third kappa shape index (κ3) is 2.84. The molecular formula is C10H16ClN3. The van der Waals surface area contributed by atoms with Crippen LogP contribution in [0.4, 0.5) is 5.82 Å². The van der Waals surface area contributed by atoms with E-state index in [4.69, 9.17) is 11.6 Å². The molecule has 0 aromatic carbocycles. The van der Waals surface area contributed by atoms with Gasteiger partial charge in [0.25, 0.3) is 0 Å². The maximum atomic E-state index is 5.87. The molecule has 0 aliphatic carbocycles. The molecule has 3 nitrogen and oxygen atoms in total. The molecule has 1 aromatic heterocycles. The normalized spacial score (nSPS) is 10.3. The average molecular weight is 214 g/mol. The van der Waals surface area contributed by atoms with Gasteiger partial charge in [0.2, 0.25) is 0 Å². The summed E-state index contributed by atoms with van der Waals surface area (Å²) in [5, 5.41) is 0.516. The first kappa shape index (κ1) is 11.2. The molecule has 0 atom stereocenters. The molecule has 1 heterocycles. The fraction of sp³-hybridized carbons (Fsp3) is 0.600. The molecule has 0 spiro atoms. The minimum Gasteiger partial charge on any atom is -0.357 e. The Morgan fingerprint density at radius 3 is 2.57 bits per heavy atom. The summed E-state index contributed by atoms with van der Waals surface area (Å²) >= 11 is 5.87. The maximum absolute atomic E-state index is 5.87. The minimum absolute atomic E-state index is 0.516. The summed E-state index contributed by atoms with van der Waals surface area (Å²) in [5.41, 5.74) is 0. The summed E-state index contributed by atoms with van der Waals surface area (Å²) in [6.45, 7) is 8.07. The fourth-order valence-electron chi connectivity index (χ4n) is 1.38. The zero-order valence-corrected chi connectivity index (χ0v) is 9.67. The minimum atomic E-state index is 0.516. The third-order valence-corrected chi connectivity index (χ3v) is 2.19. The molecule has 0 amide bonds. The number of aryl methyl sites for hydroxylation is 1. The predicted molar refractivity (Wildman–Crippen MR) is 60.0 cm³/mol. The molecule has 0 saturated carbocycles. The van der Waals surface area contributed by atoms with Crippen molar-refractivity contribution in [2.45, 2.75) is 27.2 Å². The Labute approximate surface area is 90.1 Å². The van der Waals surface area contributed by atoms with Gasteiger partial charge in [0.05, 0.1) is 0 Å². The van der Waals surface area contributed by atoms with Crippen LogP contribution in [-0.2, 0) is 0 Å². The smallest absolute Gasteiger partial charge is 0.134 e. The first-order chi connectivity index (χ1) is 6.67. The summed E-state index contributed by atoms with van der Waals surface area (Å²) in [5.74, 6) is 1.65. The lowest BCUT2D eigenvalue weighted by Crippen LogP contribution is -2.24. The largest absolute Gasteiger partial charge is 0.357 e. The van der Waals surface area contributed by atoms with Crippen LogP contribution in [0.1, 0.15) is 26.1 Å². The van der Waals surface area contributed by atoms with E-state index in [9.17, 15) is 0 Å². The van der Waals surface area contributed by atoms with Crippen molar-refractivity contribution in [2.75, 3.05) is 18.0 Å². The summed E-state index contributed by atoms with van der Waals surface area (Å²) in [7, 11) is 0. The van der Waals surface area contributed by atoms with E-state index in [-0.39, 0.29) is 0 Å². The van der Waals surface area contributed by atoms with Crippen LogP contribution in [-0.4, -0.2) is 23.1 Å². The van der Waals surface area contributed by atoms with E-state index >= 15 is 0 Å². The van der Waals surface area contributed by atoms with Gasteiger partial charge in [-0.05, 0) is 20.3 Å². The van der Waals surface area contributed by atoms with Crippen LogP contribution >= 0.6 is 11.6 Å². The Bertz CT molecular complexity index is 281. The molecule has 0 aliphatic rings. The molecule has 78 valence electrons. The molecule has 0 aliphatic heterocycles. The van der Waals surface area contributed by atoms with E-state index < -0.39 is 0 Å². The third-order valence-electron chi connectivity index (χ3n) is 1.99. The SMILES string of the molecule is CCCN(CC)c1cc(Cl)nc(C)n1. The summed E-state index contributed by atoms with van der Waals surface area (Å²) in [6, 6.07) is 1.81. The van der Waals surface area contributed by atoms with Crippen molar-refractivity contribution in [3.05, 3.63) is 17.0 Å². The second-order valence-corrected chi connectivity index (χ2v) is 3.56.